The van der Waals surface area contributed by atoms with Crippen LogP contribution in [-0.4, -0.2) is 30.6 Å². The second-order valence-corrected chi connectivity index (χ2v) is 13.3. The summed E-state index contributed by atoms with van der Waals surface area (Å²) in [4.78, 5) is 11.5. The molecule has 4 nitrogen and oxygen atoms in total. The molecule has 0 bridgehead atoms. The third-order valence-electron chi connectivity index (χ3n) is 11.7. The molecule has 12 atom stereocenters. The number of carbonyl (C=O) groups is 1. The van der Waals surface area contributed by atoms with E-state index in [2.05, 4.69) is 39.8 Å². The van der Waals surface area contributed by atoms with Gasteiger partial charge in [-0.2, -0.15) is 0 Å². The molecule has 0 amide bonds. The predicted molar refractivity (Wildman–Crippen MR) is 127 cm³/mol. The third kappa shape index (κ3) is 3.18. The Hall–Kier alpha value is -0.870. The van der Waals surface area contributed by atoms with Crippen LogP contribution in [-0.2, 0) is 19.0 Å². The van der Waals surface area contributed by atoms with Crippen LogP contribution in [0.15, 0.2) is 12.2 Å². The summed E-state index contributed by atoms with van der Waals surface area (Å²) in [5, 5.41) is 0. The number of ether oxygens (including phenoxy) is 3. The highest BCUT2D eigenvalue weighted by Gasteiger charge is 2.68. The number of fused-ring (bicyclic) bond motifs is 7. The van der Waals surface area contributed by atoms with Crippen molar-refractivity contribution in [1.29, 1.82) is 0 Å². The van der Waals surface area contributed by atoms with Crippen LogP contribution in [0.1, 0.15) is 86.0 Å². The van der Waals surface area contributed by atoms with Crippen molar-refractivity contribution in [2.24, 2.45) is 52.3 Å². The quantitative estimate of drug-likeness (QED) is 0.351. The lowest BCUT2D eigenvalue weighted by atomic mass is 9.46. The van der Waals surface area contributed by atoms with Gasteiger partial charge in [0.25, 0.3) is 0 Å². The molecule has 2 aliphatic heterocycles. The highest BCUT2D eigenvalue weighted by Crippen LogP contribution is 2.69. The summed E-state index contributed by atoms with van der Waals surface area (Å²) in [5.41, 5.74) is 0.560. The molecule has 6 rings (SSSR count). The summed E-state index contributed by atoms with van der Waals surface area (Å²) in [6, 6.07) is 0. The molecular formula is C29H44O4. The minimum absolute atomic E-state index is 0.119. The van der Waals surface area contributed by atoms with Gasteiger partial charge in [0.1, 0.15) is 6.10 Å². The molecule has 0 aromatic carbocycles. The van der Waals surface area contributed by atoms with Crippen LogP contribution in [0, 0.1) is 52.3 Å². The molecule has 1 spiro atoms. The average molecular weight is 457 g/mol. The SMILES string of the molecule is CC(=O)OC1CCC2(C)C(CCC3C4CC5OC6(CCC(C)CO6)C(C)C5C4(C)C=CC32)C1. The van der Waals surface area contributed by atoms with Crippen LogP contribution in [0.2, 0.25) is 0 Å². The first-order valence-electron chi connectivity index (χ1n) is 13.8. The third-order valence-corrected chi connectivity index (χ3v) is 11.7. The zero-order chi connectivity index (χ0) is 23.2. The zero-order valence-electron chi connectivity index (χ0n) is 21.3. The lowest BCUT2D eigenvalue weighted by molar-refractivity contribution is -0.272. The summed E-state index contributed by atoms with van der Waals surface area (Å²) < 4.78 is 19.0. The van der Waals surface area contributed by atoms with Gasteiger partial charge in [0.2, 0.25) is 0 Å². The number of carbonyl (C=O) groups excluding carboxylic acids is 1. The van der Waals surface area contributed by atoms with Crippen LogP contribution < -0.4 is 0 Å². The summed E-state index contributed by atoms with van der Waals surface area (Å²) in [6.07, 6.45) is 15.1. The number of allylic oxidation sites excluding steroid dienone is 2. The van der Waals surface area contributed by atoms with E-state index in [0.717, 1.165) is 31.8 Å². The molecule has 33 heavy (non-hydrogen) atoms. The normalized spacial score (nSPS) is 57.2. The molecule has 2 heterocycles. The first-order chi connectivity index (χ1) is 15.7. The monoisotopic (exact) mass is 456 g/mol. The Morgan fingerprint density at radius 3 is 2.61 bits per heavy atom. The van der Waals surface area contributed by atoms with E-state index in [1.165, 1.54) is 32.1 Å². The Morgan fingerprint density at radius 1 is 1.06 bits per heavy atom. The average Bonchev–Trinajstić information content (AvgIpc) is 3.21. The maximum Gasteiger partial charge on any atom is 0.302 e. The van der Waals surface area contributed by atoms with Crippen molar-refractivity contribution in [3.05, 3.63) is 12.2 Å². The fraction of sp³-hybridized carbons (Fsp3) is 0.897. The van der Waals surface area contributed by atoms with Crippen LogP contribution in [0.25, 0.3) is 0 Å². The predicted octanol–water partition coefficient (Wildman–Crippen LogP) is 6.14. The Bertz CT molecular complexity index is 827. The van der Waals surface area contributed by atoms with Gasteiger partial charge < -0.3 is 14.2 Å². The molecule has 0 N–H and O–H groups in total. The molecule has 3 saturated carbocycles. The molecule has 4 heteroatoms. The van der Waals surface area contributed by atoms with E-state index in [1.54, 1.807) is 6.92 Å². The van der Waals surface area contributed by atoms with Crippen molar-refractivity contribution < 1.29 is 19.0 Å². The van der Waals surface area contributed by atoms with Gasteiger partial charge >= 0.3 is 5.97 Å². The van der Waals surface area contributed by atoms with Crippen molar-refractivity contribution in [2.75, 3.05) is 6.61 Å². The van der Waals surface area contributed by atoms with E-state index >= 15 is 0 Å². The van der Waals surface area contributed by atoms with Gasteiger partial charge in [0, 0.05) is 25.2 Å². The van der Waals surface area contributed by atoms with Gasteiger partial charge in [0.15, 0.2) is 5.79 Å². The molecule has 5 fully saturated rings. The Labute approximate surface area is 200 Å². The standard InChI is InChI=1S/C29H44O4/c1-17-8-13-29(31-16-17)18(2)26-25(33-29)15-24-22-7-6-20-14-21(32-19(3)30)9-11-27(20,4)23(22)10-12-28(24,26)5/h10,12,17-18,20-26H,6-9,11,13-16H2,1-5H3. The van der Waals surface area contributed by atoms with E-state index in [4.69, 9.17) is 14.2 Å². The Balaban J connectivity index is 1.25. The van der Waals surface area contributed by atoms with Gasteiger partial charge in [-0.25, -0.2) is 0 Å². The maximum atomic E-state index is 11.5. The summed E-state index contributed by atoms with van der Waals surface area (Å²) >= 11 is 0. The summed E-state index contributed by atoms with van der Waals surface area (Å²) in [7, 11) is 0. The van der Waals surface area contributed by atoms with E-state index in [0.29, 0.717) is 47.0 Å². The topological polar surface area (TPSA) is 44.8 Å². The van der Waals surface area contributed by atoms with Gasteiger partial charge in [0.05, 0.1) is 12.7 Å². The van der Waals surface area contributed by atoms with E-state index in [9.17, 15) is 4.79 Å². The van der Waals surface area contributed by atoms with Crippen molar-refractivity contribution in [3.8, 4) is 0 Å². The van der Waals surface area contributed by atoms with Crippen LogP contribution in [0.4, 0.5) is 0 Å². The Kier molecular flexibility index (Phi) is 5.18. The number of hydrogen-bond donors (Lipinski definition) is 0. The second kappa shape index (κ2) is 7.56. The molecule has 0 radical (unpaired) electrons. The molecule has 2 saturated heterocycles. The smallest absolute Gasteiger partial charge is 0.302 e. The van der Waals surface area contributed by atoms with Crippen LogP contribution in [0.5, 0.6) is 0 Å². The molecule has 0 aromatic rings. The van der Waals surface area contributed by atoms with E-state index < -0.39 is 0 Å². The van der Waals surface area contributed by atoms with Gasteiger partial charge in [-0.1, -0.05) is 39.8 Å². The lowest BCUT2D eigenvalue weighted by Gasteiger charge is -2.59. The number of rotatable bonds is 1. The fourth-order valence-electron chi connectivity index (χ4n) is 9.92. The molecule has 184 valence electrons. The molecular weight excluding hydrogens is 412 g/mol. The molecule has 6 aliphatic rings. The van der Waals surface area contributed by atoms with Crippen molar-refractivity contribution in [3.63, 3.8) is 0 Å². The first-order valence-corrected chi connectivity index (χ1v) is 13.8. The summed E-state index contributed by atoms with van der Waals surface area (Å²) in [6.45, 7) is 12.2. The Morgan fingerprint density at radius 2 is 1.88 bits per heavy atom. The van der Waals surface area contributed by atoms with Crippen molar-refractivity contribution in [2.45, 2.75) is 104 Å². The maximum absolute atomic E-state index is 11.5. The van der Waals surface area contributed by atoms with Crippen LogP contribution >= 0.6 is 0 Å². The minimum Gasteiger partial charge on any atom is -0.463 e. The van der Waals surface area contributed by atoms with Crippen LogP contribution in [0.3, 0.4) is 0 Å². The summed E-state index contributed by atoms with van der Waals surface area (Å²) in [5.74, 6) is 4.02. The van der Waals surface area contributed by atoms with Gasteiger partial charge in [-0.3, -0.25) is 4.79 Å². The largest absolute Gasteiger partial charge is 0.463 e. The molecule has 4 aliphatic carbocycles. The van der Waals surface area contributed by atoms with Gasteiger partial charge in [-0.05, 0) is 85.4 Å². The molecule has 12 unspecified atom stereocenters. The first kappa shape index (κ1) is 22.6. The number of hydrogen-bond acceptors (Lipinski definition) is 4. The highest BCUT2D eigenvalue weighted by molar-refractivity contribution is 5.66. The lowest BCUT2D eigenvalue weighted by Crippen LogP contribution is -2.53. The fourth-order valence-corrected chi connectivity index (χ4v) is 9.92. The van der Waals surface area contributed by atoms with E-state index in [1.807, 2.05) is 0 Å². The van der Waals surface area contributed by atoms with Crippen molar-refractivity contribution >= 4 is 5.97 Å². The van der Waals surface area contributed by atoms with E-state index in [-0.39, 0.29) is 23.3 Å². The second-order valence-electron chi connectivity index (χ2n) is 13.3. The van der Waals surface area contributed by atoms with Gasteiger partial charge in [-0.15, -0.1) is 0 Å². The minimum atomic E-state index is -0.334. The molecule has 0 aromatic heterocycles. The van der Waals surface area contributed by atoms with Crippen molar-refractivity contribution in [1.82, 2.24) is 0 Å². The highest BCUT2D eigenvalue weighted by atomic mass is 16.7. The zero-order valence-corrected chi connectivity index (χ0v) is 21.3. The number of esters is 1.